The molecule has 0 aliphatic carbocycles. The number of fused-ring (bicyclic) bond motifs is 1. The molecule has 0 bridgehead atoms. The monoisotopic (exact) mass is 324 g/mol. The van der Waals surface area contributed by atoms with Crippen molar-refractivity contribution in [2.24, 2.45) is 0 Å². The van der Waals surface area contributed by atoms with E-state index in [9.17, 15) is 4.79 Å². The normalized spacial score (nSPS) is 14.5. The van der Waals surface area contributed by atoms with Crippen molar-refractivity contribution in [2.75, 3.05) is 20.6 Å². The van der Waals surface area contributed by atoms with E-state index in [-0.39, 0.29) is 11.9 Å². The summed E-state index contributed by atoms with van der Waals surface area (Å²) in [5.41, 5.74) is 5.43. The summed E-state index contributed by atoms with van der Waals surface area (Å²) in [7, 11) is 4.06. The van der Waals surface area contributed by atoms with Gasteiger partial charge in [-0.05, 0) is 49.8 Å². The van der Waals surface area contributed by atoms with Crippen LogP contribution in [0.3, 0.4) is 0 Å². The molecule has 24 heavy (non-hydrogen) atoms. The minimum absolute atomic E-state index is 0.0383. The highest BCUT2D eigenvalue weighted by molar-refractivity contribution is 5.94. The molecular weight excluding hydrogens is 300 g/mol. The highest BCUT2D eigenvalue weighted by Crippen LogP contribution is 2.21. The lowest BCUT2D eigenvalue weighted by Gasteiger charge is -2.25. The molecular formula is C20H24N2O2. The maximum atomic E-state index is 12.5. The van der Waals surface area contributed by atoms with Gasteiger partial charge >= 0.3 is 0 Å². The third kappa shape index (κ3) is 3.66. The molecule has 1 aliphatic rings. The molecule has 0 spiro atoms. The van der Waals surface area contributed by atoms with Crippen molar-refractivity contribution in [3.8, 4) is 0 Å². The van der Waals surface area contributed by atoms with Gasteiger partial charge in [0.2, 0.25) is 0 Å². The lowest BCUT2D eigenvalue weighted by molar-refractivity contribution is 0.0941. The van der Waals surface area contributed by atoms with Gasteiger partial charge in [-0.25, -0.2) is 0 Å². The van der Waals surface area contributed by atoms with Crippen LogP contribution in [0.15, 0.2) is 42.5 Å². The average Bonchev–Trinajstić information content (AvgIpc) is 3.03. The van der Waals surface area contributed by atoms with Gasteiger partial charge in [-0.3, -0.25) is 4.79 Å². The lowest BCUT2D eigenvalue weighted by atomic mass is 10.0. The summed E-state index contributed by atoms with van der Waals surface area (Å²) >= 11 is 0. The Labute approximate surface area is 143 Å². The molecule has 126 valence electrons. The maximum Gasteiger partial charge on any atom is 0.251 e. The van der Waals surface area contributed by atoms with Gasteiger partial charge < -0.3 is 15.0 Å². The predicted octanol–water partition coefficient (Wildman–Crippen LogP) is 3.06. The minimum Gasteiger partial charge on any atom is -0.372 e. The van der Waals surface area contributed by atoms with E-state index in [2.05, 4.69) is 41.4 Å². The fraction of sp³-hybridized carbons (Fsp3) is 0.350. The molecule has 1 N–H and O–H groups in total. The molecule has 2 aromatic rings. The standard InChI is InChI=1S/C20H24N2O2/c1-14-4-6-15(7-5-14)19(22(2)3)11-21-20(23)16-8-9-17-12-24-13-18(17)10-16/h4-10,19H,11-13H2,1-3H3,(H,21,23)/t19-/m0/s1. The summed E-state index contributed by atoms with van der Waals surface area (Å²) in [5.74, 6) is -0.0383. The molecule has 3 rings (SSSR count). The van der Waals surface area contributed by atoms with E-state index in [4.69, 9.17) is 4.74 Å². The first kappa shape index (κ1) is 16.7. The smallest absolute Gasteiger partial charge is 0.251 e. The molecule has 1 atom stereocenters. The Morgan fingerprint density at radius 1 is 1.12 bits per heavy atom. The molecule has 2 aromatic carbocycles. The fourth-order valence-corrected chi connectivity index (χ4v) is 2.99. The van der Waals surface area contributed by atoms with Gasteiger partial charge in [0.05, 0.1) is 19.3 Å². The molecule has 0 unspecified atom stereocenters. The molecule has 0 saturated carbocycles. The SMILES string of the molecule is Cc1ccc([C@H](CNC(=O)c2ccc3c(c2)COC3)N(C)C)cc1. The van der Waals surface area contributed by atoms with Gasteiger partial charge in [-0.15, -0.1) is 0 Å². The largest absolute Gasteiger partial charge is 0.372 e. The maximum absolute atomic E-state index is 12.5. The van der Waals surface area contributed by atoms with Crippen molar-refractivity contribution in [1.82, 2.24) is 10.2 Å². The number of carbonyl (C=O) groups excluding carboxylic acids is 1. The summed E-state index contributed by atoms with van der Waals surface area (Å²) in [5, 5.41) is 3.06. The van der Waals surface area contributed by atoms with E-state index in [0.717, 1.165) is 5.56 Å². The second-order valence-electron chi connectivity index (χ2n) is 6.58. The Morgan fingerprint density at radius 2 is 1.83 bits per heavy atom. The van der Waals surface area contributed by atoms with Crippen LogP contribution in [0.2, 0.25) is 0 Å². The van der Waals surface area contributed by atoms with Crippen molar-refractivity contribution >= 4 is 5.91 Å². The number of ether oxygens (including phenoxy) is 1. The molecule has 1 aliphatic heterocycles. The zero-order valence-corrected chi connectivity index (χ0v) is 14.5. The Morgan fingerprint density at radius 3 is 2.54 bits per heavy atom. The number of aryl methyl sites for hydroxylation is 1. The zero-order valence-electron chi connectivity index (χ0n) is 14.5. The predicted molar refractivity (Wildman–Crippen MR) is 94.9 cm³/mol. The van der Waals surface area contributed by atoms with Crippen molar-refractivity contribution < 1.29 is 9.53 Å². The van der Waals surface area contributed by atoms with Crippen LogP contribution in [0.25, 0.3) is 0 Å². The molecule has 0 radical (unpaired) electrons. The number of nitrogens with zero attached hydrogens (tertiary/aromatic N) is 1. The van der Waals surface area contributed by atoms with Crippen LogP contribution in [0, 0.1) is 6.92 Å². The van der Waals surface area contributed by atoms with Crippen LogP contribution in [0.5, 0.6) is 0 Å². The molecule has 0 saturated heterocycles. The number of likely N-dealkylation sites (N-methyl/N-ethyl adjacent to an activating group) is 1. The number of amides is 1. The van der Waals surface area contributed by atoms with Crippen molar-refractivity contribution in [3.05, 3.63) is 70.3 Å². The number of hydrogen-bond acceptors (Lipinski definition) is 3. The topological polar surface area (TPSA) is 41.6 Å². The number of carbonyl (C=O) groups is 1. The second kappa shape index (κ2) is 7.16. The Kier molecular flexibility index (Phi) is 4.97. The van der Waals surface area contributed by atoms with Crippen LogP contribution < -0.4 is 5.32 Å². The molecule has 1 heterocycles. The molecule has 0 fully saturated rings. The Balaban J connectivity index is 1.68. The van der Waals surface area contributed by atoms with Crippen LogP contribution >= 0.6 is 0 Å². The van der Waals surface area contributed by atoms with Gasteiger partial charge in [0.15, 0.2) is 0 Å². The minimum atomic E-state index is -0.0383. The van der Waals surface area contributed by atoms with Crippen LogP contribution in [0.4, 0.5) is 0 Å². The van der Waals surface area contributed by atoms with Crippen LogP contribution in [0.1, 0.15) is 38.7 Å². The van der Waals surface area contributed by atoms with E-state index < -0.39 is 0 Å². The van der Waals surface area contributed by atoms with Crippen molar-refractivity contribution in [3.63, 3.8) is 0 Å². The lowest BCUT2D eigenvalue weighted by Crippen LogP contribution is -2.34. The molecule has 0 aromatic heterocycles. The second-order valence-corrected chi connectivity index (χ2v) is 6.58. The number of rotatable bonds is 5. The zero-order chi connectivity index (χ0) is 17.1. The molecule has 1 amide bonds. The highest BCUT2D eigenvalue weighted by atomic mass is 16.5. The third-order valence-electron chi connectivity index (χ3n) is 4.53. The van der Waals surface area contributed by atoms with Gasteiger partial charge in [0, 0.05) is 12.1 Å². The van der Waals surface area contributed by atoms with E-state index in [1.54, 1.807) is 0 Å². The van der Waals surface area contributed by atoms with Crippen molar-refractivity contribution in [1.29, 1.82) is 0 Å². The number of hydrogen-bond donors (Lipinski definition) is 1. The van der Waals surface area contributed by atoms with Crippen LogP contribution in [-0.4, -0.2) is 31.4 Å². The quantitative estimate of drug-likeness (QED) is 0.919. The Hall–Kier alpha value is -2.17. The van der Waals surface area contributed by atoms with Crippen molar-refractivity contribution in [2.45, 2.75) is 26.2 Å². The first-order valence-corrected chi connectivity index (χ1v) is 8.25. The summed E-state index contributed by atoms with van der Waals surface area (Å²) in [4.78, 5) is 14.6. The number of benzene rings is 2. The van der Waals surface area contributed by atoms with E-state index in [1.165, 1.54) is 16.7 Å². The fourth-order valence-electron chi connectivity index (χ4n) is 2.99. The Bertz CT molecular complexity index is 723. The van der Waals surface area contributed by atoms with E-state index >= 15 is 0 Å². The average molecular weight is 324 g/mol. The summed E-state index contributed by atoms with van der Waals surface area (Å²) in [6.07, 6.45) is 0. The summed E-state index contributed by atoms with van der Waals surface area (Å²) < 4.78 is 5.41. The highest BCUT2D eigenvalue weighted by Gasteiger charge is 2.17. The summed E-state index contributed by atoms with van der Waals surface area (Å²) in [6, 6.07) is 14.4. The van der Waals surface area contributed by atoms with Gasteiger partial charge in [0.1, 0.15) is 0 Å². The van der Waals surface area contributed by atoms with Crippen LogP contribution in [-0.2, 0) is 18.0 Å². The van der Waals surface area contributed by atoms with Gasteiger partial charge in [-0.2, -0.15) is 0 Å². The molecule has 4 nitrogen and oxygen atoms in total. The summed E-state index contributed by atoms with van der Waals surface area (Å²) in [6.45, 7) is 3.89. The van der Waals surface area contributed by atoms with E-state index in [0.29, 0.717) is 25.3 Å². The van der Waals surface area contributed by atoms with Gasteiger partial charge in [-0.1, -0.05) is 35.9 Å². The first-order valence-electron chi connectivity index (χ1n) is 8.25. The van der Waals surface area contributed by atoms with Gasteiger partial charge in [0.25, 0.3) is 5.91 Å². The molecule has 4 heteroatoms. The number of nitrogens with one attached hydrogen (secondary N) is 1. The third-order valence-corrected chi connectivity index (χ3v) is 4.53. The van der Waals surface area contributed by atoms with E-state index in [1.807, 2.05) is 32.3 Å². The first-order chi connectivity index (χ1) is 11.5.